The van der Waals surface area contributed by atoms with Gasteiger partial charge in [-0.3, -0.25) is 4.98 Å². The third-order valence-corrected chi connectivity index (χ3v) is 8.17. The van der Waals surface area contributed by atoms with E-state index in [1.54, 1.807) is 30.7 Å². The molecule has 216 valence electrons. The number of hydrogen-bond donors (Lipinski definition) is 3. The minimum absolute atomic E-state index is 0.0240. The normalized spacial score (nSPS) is 23.6. The zero-order valence-electron chi connectivity index (χ0n) is 22.8. The lowest BCUT2D eigenvalue weighted by Gasteiger charge is -2.36. The van der Waals surface area contributed by atoms with Gasteiger partial charge in [0, 0.05) is 25.5 Å². The zero-order valence-corrected chi connectivity index (χ0v) is 22.8. The summed E-state index contributed by atoms with van der Waals surface area (Å²) in [6, 6.07) is 7.51. The van der Waals surface area contributed by atoms with Gasteiger partial charge in [0.2, 0.25) is 5.95 Å². The minimum atomic E-state index is -0.712. The summed E-state index contributed by atoms with van der Waals surface area (Å²) in [6.45, 7) is 3.39. The quantitative estimate of drug-likeness (QED) is 0.295. The summed E-state index contributed by atoms with van der Waals surface area (Å²) in [5.74, 6) is -0.855. The smallest absolute Gasteiger partial charge is 0.229 e. The molecule has 0 spiro atoms. The summed E-state index contributed by atoms with van der Waals surface area (Å²) >= 11 is 0. The second kappa shape index (κ2) is 11.8. The number of hydrogen-bond acceptors (Lipinski definition) is 8. The zero-order chi connectivity index (χ0) is 28.5. The number of nitrogens with two attached hydrogens (primary N) is 1. The molecule has 41 heavy (non-hydrogen) atoms. The fourth-order valence-corrected chi connectivity index (χ4v) is 5.93. The van der Waals surface area contributed by atoms with Crippen molar-refractivity contribution >= 4 is 17.2 Å². The second-order valence-electron chi connectivity index (χ2n) is 11.1. The number of pyridine rings is 1. The molecule has 4 heterocycles. The van der Waals surface area contributed by atoms with E-state index in [2.05, 4.69) is 20.4 Å². The lowest BCUT2D eigenvalue weighted by atomic mass is 9.74. The molecule has 4 unspecified atom stereocenters. The average molecular weight is 565 g/mol. The number of rotatable bonds is 7. The van der Waals surface area contributed by atoms with Crippen LogP contribution < -0.4 is 11.1 Å². The predicted octanol–water partition coefficient (Wildman–Crippen LogP) is 4.71. The molecule has 6 rings (SSSR count). The lowest BCUT2D eigenvalue weighted by Crippen LogP contribution is -2.44. The summed E-state index contributed by atoms with van der Waals surface area (Å²) in [6.07, 6.45) is 7.53. The molecular weight excluding hydrogens is 530 g/mol. The highest BCUT2D eigenvalue weighted by Crippen LogP contribution is 2.39. The Bertz CT molecular complexity index is 1490. The number of nitrogens with one attached hydrogen (secondary N) is 1. The fourth-order valence-electron chi connectivity index (χ4n) is 5.93. The van der Waals surface area contributed by atoms with Crippen molar-refractivity contribution in [1.82, 2.24) is 19.6 Å². The summed E-state index contributed by atoms with van der Waals surface area (Å²) < 4.78 is 43.2. The summed E-state index contributed by atoms with van der Waals surface area (Å²) in [4.78, 5) is 8.74. The van der Waals surface area contributed by atoms with E-state index in [-0.39, 0.29) is 41.8 Å². The van der Waals surface area contributed by atoms with Gasteiger partial charge in [-0.05, 0) is 79.0 Å². The number of fused-ring (bicyclic) bond motifs is 1. The van der Waals surface area contributed by atoms with Crippen LogP contribution in [0.25, 0.3) is 16.8 Å². The Kier molecular flexibility index (Phi) is 7.94. The highest BCUT2D eigenvalue weighted by Gasteiger charge is 2.34. The van der Waals surface area contributed by atoms with Gasteiger partial charge in [0.15, 0.2) is 0 Å². The van der Waals surface area contributed by atoms with Crippen LogP contribution in [0.2, 0.25) is 0 Å². The van der Waals surface area contributed by atoms with Crippen LogP contribution in [0.3, 0.4) is 0 Å². The van der Waals surface area contributed by atoms with Gasteiger partial charge >= 0.3 is 0 Å². The van der Waals surface area contributed by atoms with Crippen molar-refractivity contribution in [2.24, 2.45) is 11.7 Å². The highest BCUT2D eigenvalue weighted by atomic mass is 19.1. The maximum atomic E-state index is 15.3. The van der Waals surface area contributed by atoms with Crippen molar-refractivity contribution in [2.75, 3.05) is 18.5 Å². The Morgan fingerprint density at radius 2 is 1.90 bits per heavy atom. The van der Waals surface area contributed by atoms with Crippen LogP contribution in [-0.4, -0.2) is 56.2 Å². The Morgan fingerprint density at radius 1 is 1.12 bits per heavy atom. The van der Waals surface area contributed by atoms with Crippen molar-refractivity contribution < 1.29 is 23.4 Å². The Balaban J connectivity index is 1.25. The van der Waals surface area contributed by atoms with Crippen molar-refractivity contribution in [3.05, 3.63) is 71.7 Å². The van der Waals surface area contributed by atoms with E-state index in [0.29, 0.717) is 36.7 Å². The molecule has 3 aromatic heterocycles. The van der Waals surface area contributed by atoms with E-state index >= 15 is 8.78 Å². The minimum Gasteiger partial charge on any atom is -0.391 e. The monoisotopic (exact) mass is 564 g/mol. The highest BCUT2D eigenvalue weighted by molar-refractivity contribution is 5.66. The van der Waals surface area contributed by atoms with E-state index in [9.17, 15) is 5.11 Å². The number of aliphatic hydroxyl groups excluding tert-OH is 1. The van der Waals surface area contributed by atoms with Gasteiger partial charge in [0.05, 0.1) is 53.7 Å². The summed E-state index contributed by atoms with van der Waals surface area (Å²) in [5.41, 5.74) is 8.98. The molecule has 9 nitrogen and oxygen atoms in total. The van der Waals surface area contributed by atoms with E-state index in [1.807, 2.05) is 13.0 Å². The van der Waals surface area contributed by atoms with Crippen molar-refractivity contribution in [3.63, 3.8) is 0 Å². The van der Waals surface area contributed by atoms with E-state index in [1.165, 1.54) is 16.6 Å². The van der Waals surface area contributed by atoms with Gasteiger partial charge in [-0.25, -0.2) is 13.8 Å². The first-order valence-electron chi connectivity index (χ1n) is 14.0. The first kappa shape index (κ1) is 27.6. The molecule has 4 atom stereocenters. The molecule has 1 saturated carbocycles. The molecule has 2 aliphatic rings. The number of anilines is 2. The number of halogens is 2. The molecule has 1 saturated heterocycles. The summed E-state index contributed by atoms with van der Waals surface area (Å²) in [5, 5.41) is 18.2. The first-order chi connectivity index (χ1) is 19.9. The van der Waals surface area contributed by atoms with Gasteiger partial charge in [0.25, 0.3) is 0 Å². The molecule has 0 radical (unpaired) electrons. The Labute approximate surface area is 236 Å². The average Bonchev–Trinajstić information content (AvgIpc) is 3.37. The molecule has 1 aromatic carbocycles. The lowest BCUT2D eigenvalue weighted by molar-refractivity contribution is -0.0391. The number of aromatic nitrogens is 4. The van der Waals surface area contributed by atoms with Crippen LogP contribution in [0.15, 0.2) is 48.9 Å². The number of ether oxygens (including phenoxy) is 2. The van der Waals surface area contributed by atoms with E-state index in [0.717, 1.165) is 30.5 Å². The number of nitrogens with zero attached hydrogens (tertiary/aromatic N) is 4. The molecule has 2 fully saturated rings. The largest absolute Gasteiger partial charge is 0.391 e. The van der Waals surface area contributed by atoms with Crippen molar-refractivity contribution in [2.45, 2.75) is 63.4 Å². The summed E-state index contributed by atoms with van der Waals surface area (Å²) in [7, 11) is 0. The molecule has 1 aliphatic heterocycles. The Hall–Kier alpha value is -3.51. The molecule has 11 heteroatoms. The molecule has 0 amide bonds. The van der Waals surface area contributed by atoms with Crippen LogP contribution in [0.5, 0.6) is 0 Å². The third-order valence-electron chi connectivity index (χ3n) is 8.17. The van der Waals surface area contributed by atoms with E-state index in [4.69, 9.17) is 15.2 Å². The van der Waals surface area contributed by atoms with Crippen LogP contribution >= 0.6 is 0 Å². The first-order valence-corrected chi connectivity index (χ1v) is 14.0. The molecular formula is C30H34F2N6O3. The Morgan fingerprint density at radius 3 is 2.66 bits per heavy atom. The molecule has 1 aliphatic carbocycles. The van der Waals surface area contributed by atoms with Crippen LogP contribution in [0, 0.1) is 17.6 Å². The maximum absolute atomic E-state index is 15.3. The molecule has 4 N–H and O–H groups in total. The van der Waals surface area contributed by atoms with E-state index < -0.39 is 17.7 Å². The van der Waals surface area contributed by atoms with Gasteiger partial charge in [0.1, 0.15) is 11.6 Å². The predicted molar refractivity (Wildman–Crippen MR) is 150 cm³/mol. The standard InChI is InChI=1S/C30H34F2N6O3/c1-17-10-19(13-25(33)29(17)39)22-4-7-34-15-27(22)36-30-35-14-20-2-3-26(37-38(20)30)28-23(31)11-18(12-24(28)32)16-41-21-5-8-40-9-6-21/h2-4,7,11-12,14-15,17,19,21,25,29,39H,5-6,8-10,13,16,33H2,1H3,(H,35,36). The molecule has 0 bridgehead atoms. The fraction of sp³-hybridized carbons (Fsp3) is 0.433. The van der Waals surface area contributed by atoms with Crippen LogP contribution in [-0.2, 0) is 16.1 Å². The van der Waals surface area contributed by atoms with Gasteiger partial charge < -0.3 is 25.6 Å². The van der Waals surface area contributed by atoms with Gasteiger partial charge in [-0.2, -0.15) is 9.61 Å². The van der Waals surface area contributed by atoms with Crippen molar-refractivity contribution in [1.29, 1.82) is 0 Å². The second-order valence-corrected chi connectivity index (χ2v) is 11.1. The van der Waals surface area contributed by atoms with Gasteiger partial charge in [-0.1, -0.05) is 6.92 Å². The number of aliphatic hydroxyl groups is 1. The SMILES string of the molecule is CC1CC(c2ccncc2Nc2ncc3ccc(-c4c(F)cc(COC5CCOCC5)cc4F)nn23)CC(N)C1O. The maximum Gasteiger partial charge on any atom is 0.229 e. The van der Waals surface area contributed by atoms with Crippen LogP contribution in [0.4, 0.5) is 20.4 Å². The van der Waals surface area contributed by atoms with Crippen LogP contribution in [0.1, 0.15) is 49.7 Å². The number of benzene rings is 1. The molecule has 4 aromatic rings. The third kappa shape index (κ3) is 5.80. The van der Waals surface area contributed by atoms with Gasteiger partial charge in [-0.15, -0.1) is 0 Å². The number of imidazole rings is 1. The topological polar surface area (TPSA) is 120 Å². The van der Waals surface area contributed by atoms with Crippen molar-refractivity contribution in [3.8, 4) is 11.3 Å².